The molecule has 0 radical (unpaired) electrons. The number of carbonyl (C=O) groups is 2. The van der Waals surface area contributed by atoms with Crippen LogP contribution in [0, 0.1) is 34.5 Å². The lowest BCUT2D eigenvalue weighted by Gasteiger charge is -2.35. The van der Waals surface area contributed by atoms with Crippen molar-refractivity contribution >= 4 is 11.9 Å². The summed E-state index contributed by atoms with van der Waals surface area (Å²) in [7, 11) is 0. The standard InChI is InChI=1S/C17H16O5/c1-5-6-20-12(19)17-13(2)10-7-9-11(18)21-8-16(9,17)14(10,3)22-15(13,17)4/h1,7,10H,6,8H2,2-4H3. The molecule has 1 spiro atoms. The average molecular weight is 300 g/mol. The highest BCUT2D eigenvalue weighted by Crippen LogP contribution is 3.01. The molecule has 0 amide bonds. The van der Waals surface area contributed by atoms with Gasteiger partial charge in [-0.3, -0.25) is 4.79 Å². The first-order valence-electron chi connectivity index (χ1n) is 7.50. The monoisotopic (exact) mass is 300 g/mol. The fourth-order valence-electron chi connectivity index (χ4n) is 6.95. The van der Waals surface area contributed by atoms with Crippen molar-refractivity contribution in [3.05, 3.63) is 11.6 Å². The van der Waals surface area contributed by atoms with E-state index in [0.29, 0.717) is 5.57 Å². The van der Waals surface area contributed by atoms with Gasteiger partial charge in [0.2, 0.25) is 0 Å². The lowest BCUT2D eigenvalue weighted by molar-refractivity contribution is -0.155. The van der Waals surface area contributed by atoms with E-state index in [-0.39, 0.29) is 36.5 Å². The van der Waals surface area contributed by atoms with Gasteiger partial charge in [-0.05, 0) is 13.8 Å². The SMILES string of the molecule is C#CCOC(=O)C12C3(C)OC4(C)C(C=C5C(=O)OCC541)C32C. The van der Waals surface area contributed by atoms with Crippen LogP contribution in [0.4, 0.5) is 0 Å². The van der Waals surface area contributed by atoms with Gasteiger partial charge in [-0.25, -0.2) is 4.79 Å². The number of ether oxygens (including phenoxy) is 3. The molecule has 114 valence electrons. The number of esters is 2. The number of rotatable bonds is 2. The normalized spacial score (nSPS) is 58.0. The zero-order valence-corrected chi connectivity index (χ0v) is 12.7. The van der Waals surface area contributed by atoms with Gasteiger partial charge >= 0.3 is 11.9 Å². The topological polar surface area (TPSA) is 61.8 Å². The summed E-state index contributed by atoms with van der Waals surface area (Å²) in [5.41, 5.74) is -2.63. The molecular formula is C17H16O5. The summed E-state index contributed by atoms with van der Waals surface area (Å²) in [4.78, 5) is 25.2. The Balaban J connectivity index is 1.78. The minimum atomic E-state index is -0.875. The lowest BCUT2D eigenvalue weighted by atomic mass is 9.65. The third kappa shape index (κ3) is 0.677. The Kier molecular flexibility index (Phi) is 1.65. The zero-order valence-electron chi connectivity index (χ0n) is 12.7. The maximum atomic E-state index is 13.0. The van der Waals surface area contributed by atoms with Crippen LogP contribution in [0.1, 0.15) is 20.8 Å². The molecule has 6 rings (SSSR count). The van der Waals surface area contributed by atoms with Crippen molar-refractivity contribution in [1.82, 2.24) is 0 Å². The molecule has 0 aromatic rings. The smallest absolute Gasteiger partial charge is 0.334 e. The van der Waals surface area contributed by atoms with Crippen molar-refractivity contribution in [2.45, 2.75) is 32.0 Å². The van der Waals surface area contributed by atoms with Gasteiger partial charge in [0.15, 0.2) is 6.61 Å². The van der Waals surface area contributed by atoms with Crippen molar-refractivity contribution < 1.29 is 23.8 Å². The fourth-order valence-corrected chi connectivity index (χ4v) is 6.95. The molecule has 3 aliphatic carbocycles. The Morgan fingerprint density at radius 1 is 1.50 bits per heavy atom. The predicted octanol–water partition coefficient (Wildman–Crippen LogP) is 0.830. The molecule has 0 aromatic carbocycles. The number of hydrogen-bond acceptors (Lipinski definition) is 5. The first-order chi connectivity index (χ1) is 10.3. The van der Waals surface area contributed by atoms with Crippen LogP contribution in [-0.2, 0) is 23.8 Å². The molecule has 5 fully saturated rings. The maximum Gasteiger partial charge on any atom is 0.334 e. The highest BCUT2D eigenvalue weighted by molar-refractivity contribution is 6.02. The van der Waals surface area contributed by atoms with Crippen LogP contribution in [0.3, 0.4) is 0 Å². The van der Waals surface area contributed by atoms with E-state index in [4.69, 9.17) is 20.6 Å². The number of terminal acetylenes is 1. The number of hydrogen-bond donors (Lipinski definition) is 0. The molecule has 5 heteroatoms. The molecule has 2 saturated carbocycles. The molecular weight excluding hydrogens is 284 g/mol. The molecule has 6 bridgehead atoms. The fraction of sp³-hybridized carbons (Fsp3) is 0.647. The van der Waals surface area contributed by atoms with E-state index < -0.39 is 22.0 Å². The summed E-state index contributed by atoms with van der Waals surface area (Å²) in [6.07, 6.45) is 7.20. The van der Waals surface area contributed by atoms with E-state index in [1.54, 1.807) is 0 Å². The largest absolute Gasteiger partial charge is 0.461 e. The number of cyclic esters (lactones) is 1. The van der Waals surface area contributed by atoms with E-state index >= 15 is 0 Å². The van der Waals surface area contributed by atoms with Crippen molar-refractivity contribution in [3.63, 3.8) is 0 Å². The molecule has 3 heterocycles. The van der Waals surface area contributed by atoms with Crippen LogP contribution in [0.15, 0.2) is 11.6 Å². The Bertz CT molecular complexity index is 762. The average Bonchev–Trinajstić information content (AvgIpc) is 2.84. The van der Waals surface area contributed by atoms with Gasteiger partial charge in [-0.1, -0.05) is 18.9 Å². The van der Waals surface area contributed by atoms with Crippen LogP contribution < -0.4 is 0 Å². The second kappa shape index (κ2) is 2.85. The molecule has 5 nitrogen and oxygen atoms in total. The van der Waals surface area contributed by atoms with Gasteiger partial charge in [-0.2, -0.15) is 0 Å². The van der Waals surface area contributed by atoms with Gasteiger partial charge in [0.25, 0.3) is 0 Å². The Morgan fingerprint density at radius 3 is 2.91 bits per heavy atom. The lowest BCUT2D eigenvalue weighted by Crippen LogP contribution is -2.48. The van der Waals surface area contributed by atoms with Crippen molar-refractivity contribution in [2.24, 2.45) is 22.2 Å². The maximum absolute atomic E-state index is 13.0. The van der Waals surface area contributed by atoms with Gasteiger partial charge in [0, 0.05) is 16.9 Å². The highest BCUT2D eigenvalue weighted by Gasteiger charge is 3.11. The molecule has 3 aliphatic heterocycles. The summed E-state index contributed by atoms with van der Waals surface area (Å²) in [5, 5.41) is 0. The molecule has 6 unspecified atom stereocenters. The molecule has 0 aromatic heterocycles. The molecule has 6 atom stereocenters. The van der Waals surface area contributed by atoms with E-state index in [9.17, 15) is 9.59 Å². The Hall–Kier alpha value is -1.80. The van der Waals surface area contributed by atoms with E-state index in [1.807, 2.05) is 19.9 Å². The predicted molar refractivity (Wildman–Crippen MR) is 73.2 cm³/mol. The summed E-state index contributed by atoms with van der Waals surface area (Å²) < 4.78 is 17.1. The van der Waals surface area contributed by atoms with Crippen molar-refractivity contribution in [2.75, 3.05) is 13.2 Å². The van der Waals surface area contributed by atoms with Gasteiger partial charge in [0.1, 0.15) is 12.0 Å². The van der Waals surface area contributed by atoms with Crippen molar-refractivity contribution in [3.8, 4) is 12.3 Å². The number of carbonyl (C=O) groups excluding carboxylic acids is 2. The Labute approximate surface area is 128 Å². The van der Waals surface area contributed by atoms with Crippen LogP contribution >= 0.6 is 0 Å². The molecule has 22 heavy (non-hydrogen) atoms. The summed E-state index contributed by atoms with van der Waals surface area (Å²) >= 11 is 0. The van der Waals surface area contributed by atoms with Crippen LogP contribution in [0.5, 0.6) is 0 Å². The first kappa shape index (κ1) is 12.7. The quantitative estimate of drug-likeness (QED) is 0.558. The summed E-state index contributed by atoms with van der Waals surface area (Å²) in [6, 6.07) is 0. The highest BCUT2D eigenvalue weighted by atomic mass is 16.6. The zero-order chi connectivity index (χ0) is 15.8. The third-order valence-electron chi connectivity index (χ3n) is 7.57. The molecule has 3 saturated heterocycles. The van der Waals surface area contributed by atoms with Crippen LogP contribution in [0.25, 0.3) is 0 Å². The van der Waals surface area contributed by atoms with Crippen LogP contribution in [0.2, 0.25) is 0 Å². The molecule has 6 aliphatic rings. The Morgan fingerprint density at radius 2 is 2.23 bits per heavy atom. The van der Waals surface area contributed by atoms with E-state index in [0.717, 1.165) is 0 Å². The van der Waals surface area contributed by atoms with Gasteiger partial charge < -0.3 is 14.2 Å². The first-order valence-corrected chi connectivity index (χ1v) is 7.50. The second-order valence-electron chi connectivity index (χ2n) is 7.51. The molecule has 0 N–H and O–H groups in total. The van der Waals surface area contributed by atoms with Crippen molar-refractivity contribution in [1.29, 1.82) is 0 Å². The second-order valence-corrected chi connectivity index (χ2v) is 7.51. The summed E-state index contributed by atoms with van der Waals surface area (Å²) in [5.74, 6) is 1.66. The minimum Gasteiger partial charge on any atom is -0.461 e. The van der Waals surface area contributed by atoms with E-state index in [1.165, 1.54) is 0 Å². The van der Waals surface area contributed by atoms with Crippen LogP contribution in [-0.4, -0.2) is 36.4 Å². The van der Waals surface area contributed by atoms with Gasteiger partial charge in [0.05, 0.1) is 16.6 Å². The summed E-state index contributed by atoms with van der Waals surface area (Å²) in [6.45, 7) is 6.12. The van der Waals surface area contributed by atoms with Gasteiger partial charge in [-0.15, -0.1) is 6.42 Å². The minimum absolute atomic E-state index is 0.0197. The third-order valence-corrected chi connectivity index (χ3v) is 7.57. The van der Waals surface area contributed by atoms with E-state index in [2.05, 4.69) is 12.8 Å².